The van der Waals surface area contributed by atoms with Gasteiger partial charge in [-0.15, -0.1) is 0 Å². The second-order valence-corrected chi connectivity index (χ2v) is 7.69. The minimum absolute atomic E-state index is 0.243. The normalized spacial score (nSPS) is 17.5. The molecule has 120 valence electrons. The number of hydrogen-bond acceptors (Lipinski definition) is 3. The van der Waals surface area contributed by atoms with E-state index in [1.807, 2.05) is 18.7 Å². The van der Waals surface area contributed by atoms with Gasteiger partial charge in [0.1, 0.15) is 0 Å². The molecule has 2 nitrogen and oxygen atoms in total. The monoisotopic (exact) mass is 309 g/mol. The third kappa shape index (κ3) is 6.01. The number of nitrogens with one attached hydrogen (secondary N) is 1. The summed E-state index contributed by atoms with van der Waals surface area (Å²) < 4.78 is 0. The molecule has 21 heavy (non-hydrogen) atoms. The van der Waals surface area contributed by atoms with Gasteiger partial charge in [0.15, 0.2) is 0 Å². The zero-order chi connectivity index (χ0) is 15.8. The fourth-order valence-corrected chi connectivity index (χ4v) is 3.81. The van der Waals surface area contributed by atoms with Crippen molar-refractivity contribution in [3.05, 3.63) is 35.9 Å². The smallest absolute Gasteiger partial charge is 0.0628 e. The second kappa shape index (κ2) is 9.50. The SMILES string of the molecule is CCCNC(c1ccccc1)C(SC(C)C(C)O)C(C)C. The lowest BCUT2D eigenvalue weighted by Crippen LogP contribution is -2.36. The molecular weight excluding hydrogens is 278 g/mol. The third-order valence-electron chi connectivity index (χ3n) is 3.81. The topological polar surface area (TPSA) is 32.3 Å². The van der Waals surface area contributed by atoms with Crippen LogP contribution in [0.2, 0.25) is 0 Å². The van der Waals surface area contributed by atoms with Crippen molar-refractivity contribution in [1.82, 2.24) is 5.32 Å². The molecule has 0 aliphatic heterocycles. The summed E-state index contributed by atoms with van der Waals surface area (Å²) in [6, 6.07) is 11.0. The molecule has 1 aromatic carbocycles. The highest BCUT2D eigenvalue weighted by molar-refractivity contribution is 8.00. The number of hydrogen-bond donors (Lipinski definition) is 2. The minimum Gasteiger partial charge on any atom is -0.392 e. The Kier molecular flexibility index (Phi) is 8.38. The standard InChI is InChI=1S/C18H31NOS/c1-6-12-19-17(16-10-8-7-9-11-16)18(13(2)3)21-15(5)14(4)20/h7-11,13-15,17-20H,6,12H2,1-5H3. The van der Waals surface area contributed by atoms with Crippen LogP contribution < -0.4 is 5.32 Å². The number of aliphatic hydroxyl groups is 1. The molecule has 0 amide bonds. The van der Waals surface area contributed by atoms with Gasteiger partial charge in [0, 0.05) is 16.5 Å². The molecule has 1 rings (SSSR count). The van der Waals surface area contributed by atoms with E-state index in [1.54, 1.807) is 0 Å². The number of rotatable bonds is 9. The van der Waals surface area contributed by atoms with Crippen molar-refractivity contribution < 1.29 is 5.11 Å². The van der Waals surface area contributed by atoms with Gasteiger partial charge < -0.3 is 10.4 Å². The summed E-state index contributed by atoms with van der Waals surface area (Å²) in [5.41, 5.74) is 1.34. The Balaban J connectivity index is 2.95. The van der Waals surface area contributed by atoms with Crippen molar-refractivity contribution >= 4 is 11.8 Å². The number of aliphatic hydroxyl groups excluding tert-OH is 1. The molecule has 0 radical (unpaired) electrons. The Hall–Kier alpha value is -0.510. The van der Waals surface area contributed by atoms with Gasteiger partial charge in [0.05, 0.1) is 6.10 Å². The molecule has 0 saturated heterocycles. The minimum atomic E-state index is -0.279. The summed E-state index contributed by atoms with van der Waals surface area (Å²) in [7, 11) is 0. The van der Waals surface area contributed by atoms with Crippen molar-refractivity contribution in [1.29, 1.82) is 0 Å². The van der Waals surface area contributed by atoms with E-state index in [1.165, 1.54) is 5.56 Å². The molecule has 0 aliphatic carbocycles. The fraction of sp³-hybridized carbons (Fsp3) is 0.667. The molecule has 0 fully saturated rings. The van der Waals surface area contributed by atoms with Crippen molar-refractivity contribution in [3.8, 4) is 0 Å². The van der Waals surface area contributed by atoms with Crippen molar-refractivity contribution in [3.63, 3.8) is 0 Å². The molecule has 1 aromatic rings. The van der Waals surface area contributed by atoms with Gasteiger partial charge in [-0.1, -0.05) is 58.0 Å². The number of benzene rings is 1. The van der Waals surface area contributed by atoms with Crippen molar-refractivity contribution in [2.24, 2.45) is 5.92 Å². The van der Waals surface area contributed by atoms with E-state index in [4.69, 9.17) is 0 Å². The maximum atomic E-state index is 9.84. The molecule has 3 heteroatoms. The summed E-state index contributed by atoms with van der Waals surface area (Å²) in [6.07, 6.45) is 0.851. The highest BCUT2D eigenvalue weighted by Crippen LogP contribution is 2.35. The van der Waals surface area contributed by atoms with E-state index < -0.39 is 0 Å². The lowest BCUT2D eigenvalue weighted by Gasteiger charge is -2.33. The van der Waals surface area contributed by atoms with Crippen LogP contribution in [0.3, 0.4) is 0 Å². The molecule has 0 aliphatic rings. The Labute approximate surface area is 134 Å². The van der Waals surface area contributed by atoms with Gasteiger partial charge in [-0.2, -0.15) is 11.8 Å². The Morgan fingerprint density at radius 2 is 1.71 bits per heavy atom. The van der Waals surface area contributed by atoms with Crippen molar-refractivity contribution in [2.75, 3.05) is 6.54 Å². The molecule has 0 heterocycles. The van der Waals surface area contributed by atoms with Crippen molar-refractivity contribution in [2.45, 2.75) is 63.7 Å². The summed E-state index contributed by atoms with van der Waals surface area (Å²) in [5.74, 6) is 0.547. The quantitative estimate of drug-likeness (QED) is 0.715. The van der Waals surface area contributed by atoms with Gasteiger partial charge in [-0.25, -0.2) is 0 Å². The van der Waals surface area contributed by atoms with Gasteiger partial charge in [0.2, 0.25) is 0 Å². The zero-order valence-electron chi connectivity index (χ0n) is 14.0. The maximum Gasteiger partial charge on any atom is 0.0628 e. The summed E-state index contributed by atoms with van der Waals surface area (Å²) in [5, 5.41) is 14.2. The van der Waals surface area contributed by atoms with Crippen LogP contribution in [-0.2, 0) is 0 Å². The first-order chi connectivity index (χ1) is 9.97. The first-order valence-electron chi connectivity index (χ1n) is 8.09. The van der Waals surface area contributed by atoms with Crippen LogP contribution in [0.25, 0.3) is 0 Å². The highest BCUT2D eigenvalue weighted by atomic mass is 32.2. The van der Waals surface area contributed by atoms with Gasteiger partial charge in [-0.05, 0) is 31.4 Å². The molecular formula is C18H31NOS. The van der Waals surface area contributed by atoms with Crippen LogP contribution >= 0.6 is 11.8 Å². The molecule has 0 aromatic heterocycles. The lowest BCUT2D eigenvalue weighted by molar-refractivity contribution is 0.196. The molecule has 0 spiro atoms. The predicted molar refractivity (Wildman–Crippen MR) is 94.8 cm³/mol. The third-order valence-corrected chi connectivity index (χ3v) is 5.76. The van der Waals surface area contributed by atoms with Crippen LogP contribution in [0.15, 0.2) is 30.3 Å². The zero-order valence-corrected chi connectivity index (χ0v) is 14.9. The van der Waals surface area contributed by atoms with Crippen LogP contribution in [0.5, 0.6) is 0 Å². The van der Waals surface area contributed by atoms with E-state index in [0.717, 1.165) is 13.0 Å². The Morgan fingerprint density at radius 1 is 1.10 bits per heavy atom. The molecule has 0 bridgehead atoms. The fourth-order valence-electron chi connectivity index (χ4n) is 2.37. The molecule has 4 unspecified atom stereocenters. The first-order valence-corrected chi connectivity index (χ1v) is 9.03. The van der Waals surface area contributed by atoms with Gasteiger partial charge in [-0.3, -0.25) is 0 Å². The summed E-state index contributed by atoms with van der Waals surface area (Å²) in [4.78, 5) is 0. The summed E-state index contributed by atoms with van der Waals surface area (Å²) in [6.45, 7) is 11.8. The van der Waals surface area contributed by atoms with E-state index in [2.05, 4.69) is 63.3 Å². The van der Waals surface area contributed by atoms with E-state index in [0.29, 0.717) is 17.2 Å². The van der Waals surface area contributed by atoms with E-state index >= 15 is 0 Å². The average molecular weight is 310 g/mol. The molecule has 4 atom stereocenters. The first kappa shape index (κ1) is 18.5. The highest BCUT2D eigenvalue weighted by Gasteiger charge is 2.28. The van der Waals surface area contributed by atoms with Gasteiger partial charge in [0.25, 0.3) is 0 Å². The summed E-state index contributed by atoms with van der Waals surface area (Å²) >= 11 is 1.90. The van der Waals surface area contributed by atoms with Crippen LogP contribution in [0, 0.1) is 5.92 Å². The van der Waals surface area contributed by atoms with Crippen LogP contribution in [-0.4, -0.2) is 28.3 Å². The van der Waals surface area contributed by atoms with E-state index in [9.17, 15) is 5.11 Å². The Bertz CT molecular complexity index is 380. The van der Waals surface area contributed by atoms with Crippen LogP contribution in [0.4, 0.5) is 0 Å². The lowest BCUT2D eigenvalue weighted by atomic mass is 9.96. The molecule has 2 N–H and O–H groups in total. The average Bonchev–Trinajstić information content (AvgIpc) is 2.46. The number of thioether (sulfide) groups is 1. The molecule has 0 saturated carbocycles. The largest absolute Gasteiger partial charge is 0.392 e. The Morgan fingerprint density at radius 3 is 2.19 bits per heavy atom. The predicted octanol–water partition coefficient (Wildman–Crippen LogP) is 4.25. The maximum absolute atomic E-state index is 9.84. The van der Waals surface area contributed by atoms with Gasteiger partial charge >= 0.3 is 0 Å². The van der Waals surface area contributed by atoms with Crippen LogP contribution in [0.1, 0.15) is 52.6 Å². The second-order valence-electron chi connectivity index (χ2n) is 6.13. The van der Waals surface area contributed by atoms with E-state index in [-0.39, 0.29) is 11.4 Å².